The van der Waals surface area contributed by atoms with Gasteiger partial charge >= 0.3 is 0 Å². The maximum Gasteiger partial charge on any atom is 0.127 e. The fourth-order valence-electron chi connectivity index (χ4n) is 1.45. The molecule has 4 heteroatoms. The Morgan fingerprint density at radius 3 is 2.56 bits per heavy atom. The summed E-state index contributed by atoms with van der Waals surface area (Å²) in [7, 11) is 0. The molecule has 0 N–H and O–H groups in total. The minimum Gasteiger partial charge on any atom is -0.207 e. The first-order valence-corrected chi connectivity index (χ1v) is 7.04. The molecular formula is C14H9BrFNS. The molecule has 0 saturated heterocycles. The summed E-state index contributed by atoms with van der Waals surface area (Å²) in [6.07, 6.45) is 0. The summed E-state index contributed by atoms with van der Waals surface area (Å²) in [6.45, 7) is 0. The van der Waals surface area contributed by atoms with Crippen LogP contribution in [0.15, 0.2) is 51.8 Å². The van der Waals surface area contributed by atoms with Crippen LogP contribution in [0, 0.1) is 17.1 Å². The van der Waals surface area contributed by atoms with E-state index in [-0.39, 0.29) is 5.82 Å². The second-order valence-electron chi connectivity index (χ2n) is 3.66. The summed E-state index contributed by atoms with van der Waals surface area (Å²) in [5.41, 5.74) is 1.05. The van der Waals surface area contributed by atoms with Crippen molar-refractivity contribution in [3.8, 4) is 6.07 Å². The maximum atomic E-state index is 13.5. The van der Waals surface area contributed by atoms with Gasteiger partial charge in [0.15, 0.2) is 0 Å². The molecule has 1 nitrogen and oxygen atoms in total. The van der Waals surface area contributed by atoms with Crippen LogP contribution >= 0.6 is 27.7 Å². The smallest absolute Gasteiger partial charge is 0.127 e. The zero-order valence-corrected chi connectivity index (χ0v) is 11.8. The van der Waals surface area contributed by atoms with Crippen molar-refractivity contribution in [3.05, 3.63) is 63.9 Å². The second kappa shape index (κ2) is 6.03. The third-order valence-electron chi connectivity index (χ3n) is 2.38. The van der Waals surface area contributed by atoms with Gasteiger partial charge in [-0.15, -0.1) is 11.8 Å². The molecule has 0 aliphatic carbocycles. The lowest BCUT2D eigenvalue weighted by Gasteiger charge is -2.04. The Hall–Kier alpha value is -1.31. The van der Waals surface area contributed by atoms with E-state index in [4.69, 9.17) is 5.26 Å². The predicted octanol–water partition coefficient (Wildman–Crippen LogP) is 4.75. The van der Waals surface area contributed by atoms with E-state index in [2.05, 4.69) is 15.9 Å². The van der Waals surface area contributed by atoms with Gasteiger partial charge in [0.25, 0.3) is 0 Å². The summed E-state index contributed by atoms with van der Waals surface area (Å²) in [5.74, 6) is 0.252. The number of halogens is 2. The number of hydrogen-bond donors (Lipinski definition) is 0. The minimum absolute atomic E-state index is 0.265. The van der Waals surface area contributed by atoms with Gasteiger partial charge in [-0.05, 0) is 48.0 Å². The molecule has 90 valence electrons. The first kappa shape index (κ1) is 13.1. The van der Waals surface area contributed by atoms with Crippen molar-refractivity contribution < 1.29 is 4.39 Å². The molecule has 0 amide bonds. The highest BCUT2D eigenvalue weighted by molar-refractivity contribution is 9.10. The zero-order chi connectivity index (χ0) is 13.0. The van der Waals surface area contributed by atoms with Gasteiger partial charge in [-0.3, -0.25) is 0 Å². The fraction of sp³-hybridized carbons (Fsp3) is 0.0714. The van der Waals surface area contributed by atoms with Gasteiger partial charge in [0.1, 0.15) is 5.82 Å². The Labute approximate surface area is 118 Å². The molecule has 2 rings (SSSR count). The standard InChI is InChI=1S/C14H9BrFNS/c15-12-2-4-13(5-3-12)18-9-11-7-10(8-17)1-6-14(11)16/h1-7H,9H2. The highest BCUT2D eigenvalue weighted by Crippen LogP contribution is 2.25. The predicted molar refractivity (Wildman–Crippen MR) is 74.8 cm³/mol. The van der Waals surface area contributed by atoms with Crippen LogP contribution in [-0.4, -0.2) is 0 Å². The Kier molecular flexibility index (Phi) is 4.40. The Balaban J connectivity index is 2.10. The quantitative estimate of drug-likeness (QED) is 0.761. The summed E-state index contributed by atoms with van der Waals surface area (Å²) in [4.78, 5) is 1.07. The highest BCUT2D eigenvalue weighted by Gasteiger charge is 2.04. The molecule has 2 aromatic carbocycles. The van der Waals surface area contributed by atoms with Crippen molar-refractivity contribution in [1.82, 2.24) is 0 Å². The van der Waals surface area contributed by atoms with Crippen LogP contribution in [0.25, 0.3) is 0 Å². The molecule has 0 heterocycles. The molecule has 0 radical (unpaired) electrons. The maximum absolute atomic E-state index is 13.5. The first-order valence-electron chi connectivity index (χ1n) is 5.26. The number of hydrogen-bond acceptors (Lipinski definition) is 2. The number of nitriles is 1. The van der Waals surface area contributed by atoms with Gasteiger partial charge in [0, 0.05) is 15.1 Å². The van der Waals surface area contributed by atoms with E-state index in [1.54, 1.807) is 17.8 Å². The van der Waals surface area contributed by atoms with E-state index in [0.717, 1.165) is 9.37 Å². The van der Waals surface area contributed by atoms with Crippen LogP contribution in [0.5, 0.6) is 0 Å². The molecule has 18 heavy (non-hydrogen) atoms. The summed E-state index contributed by atoms with van der Waals surface area (Å²) >= 11 is 4.91. The fourth-order valence-corrected chi connectivity index (χ4v) is 2.58. The Morgan fingerprint density at radius 2 is 1.89 bits per heavy atom. The number of nitrogens with zero attached hydrogens (tertiary/aromatic N) is 1. The van der Waals surface area contributed by atoms with E-state index < -0.39 is 0 Å². The van der Waals surface area contributed by atoms with Crippen LogP contribution in [0.3, 0.4) is 0 Å². The molecule has 0 unspecified atom stereocenters. The van der Waals surface area contributed by atoms with Gasteiger partial charge < -0.3 is 0 Å². The molecule has 0 aliphatic heterocycles. The van der Waals surface area contributed by atoms with Crippen LogP contribution in [-0.2, 0) is 5.75 Å². The van der Waals surface area contributed by atoms with Gasteiger partial charge in [-0.25, -0.2) is 4.39 Å². The van der Waals surface area contributed by atoms with E-state index in [9.17, 15) is 4.39 Å². The number of thioether (sulfide) groups is 1. The third-order valence-corrected chi connectivity index (χ3v) is 3.97. The summed E-state index contributed by atoms with van der Waals surface area (Å²) in [5, 5.41) is 8.78. The second-order valence-corrected chi connectivity index (χ2v) is 5.63. The van der Waals surface area contributed by atoms with Crippen molar-refractivity contribution >= 4 is 27.7 Å². The van der Waals surface area contributed by atoms with Gasteiger partial charge in [0.2, 0.25) is 0 Å². The van der Waals surface area contributed by atoms with E-state index in [1.807, 2.05) is 30.3 Å². The lowest BCUT2D eigenvalue weighted by atomic mass is 10.1. The topological polar surface area (TPSA) is 23.8 Å². The molecule has 0 aliphatic rings. The van der Waals surface area contributed by atoms with Crippen molar-refractivity contribution in [1.29, 1.82) is 5.26 Å². The van der Waals surface area contributed by atoms with Gasteiger partial charge in [-0.1, -0.05) is 15.9 Å². The largest absolute Gasteiger partial charge is 0.207 e. The molecule has 0 aromatic heterocycles. The highest BCUT2D eigenvalue weighted by atomic mass is 79.9. The van der Waals surface area contributed by atoms with Crippen molar-refractivity contribution in [2.24, 2.45) is 0 Å². The van der Waals surface area contributed by atoms with Gasteiger partial charge in [-0.2, -0.15) is 5.26 Å². The SMILES string of the molecule is N#Cc1ccc(F)c(CSc2ccc(Br)cc2)c1. The van der Waals surface area contributed by atoms with Crippen molar-refractivity contribution in [2.45, 2.75) is 10.6 Å². The molecule has 2 aromatic rings. The molecule has 0 fully saturated rings. The molecule has 0 spiro atoms. The lowest BCUT2D eigenvalue weighted by molar-refractivity contribution is 0.617. The van der Waals surface area contributed by atoms with E-state index >= 15 is 0 Å². The normalized spacial score (nSPS) is 10.1. The van der Waals surface area contributed by atoms with Crippen molar-refractivity contribution in [3.63, 3.8) is 0 Å². The molecule has 0 bridgehead atoms. The monoisotopic (exact) mass is 321 g/mol. The van der Waals surface area contributed by atoms with Crippen LogP contribution < -0.4 is 0 Å². The van der Waals surface area contributed by atoms with Gasteiger partial charge in [0.05, 0.1) is 11.6 Å². The summed E-state index contributed by atoms with van der Waals surface area (Å²) < 4.78 is 14.6. The molecule has 0 atom stereocenters. The zero-order valence-electron chi connectivity index (χ0n) is 9.36. The minimum atomic E-state index is -0.265. The lowest BCUT2D eigenvalue weighted by Crippen LogP contribution is -1.89. The van der Waals surface area contributed by atoms with Crippen LogP contribution in [0.4, 0.5) is 4.39 Å². The molecular weight excluding hydrogens is 313 g/mol. The Morgan fingerprint density at radius 1 is 1.17 bits per heavy atom. The molecule has 0 saturated carbocycles. The first-order chi connectivity index (χ1) is 8.69. The average Bonchev–Trinajstić information content (AvgIpc) is 2.40. The average molecular weight is 322 g/mol. The third kappa shape index (κ3) is 3.34. The number of rotatable bonds is 3. The van der Waals surface area contributed by atoms with Crippen LogP contribution in [0.1, 0.15) is 11.1 Å². The van der Waals surface area contributed by atoms with E-state index in [1.165, 1.54) is 12.1 Å². The van der Waals surface area contributed by atoms with Crippen molar-refractivity contribution in [2.75, 3.05) is 0 Å². The number of benzene rings is 2. The Bertz CT molecular complexity index is 590. The van der Waals surface area contributed by atoms with E-state index in [0.29, 0.717) is 16.9 Å². The van der Waals surface area contributed by atoms with Crippen LogP contribution in [0.2, 0.25) is 0 Å². The summed E-state index contributed by atoms with van der Waals surface area (Å²) in [6, 6.07) is 14.3.